The summed E-state index contributed by atoms with van der Waals surface area (Å²) in [5.74, 6) is 0.330. The first-order valence-corrected chi connectivity index (χ1v) is 7.39. The van der Waals surface area contributed by atoms with Gasteiger partial charge < -0.3 is 5.32 Å². The van der Waals surface area contributed by atoms with E-state index in [2.05, 4.69) is 26.2 Å². The van der Waals surface area contributed by atoms with Crippen LogP contribution in [0, 0.1) is 12.7 Å². The number of aryl methyl sites for hydroxylation is 1. The van der Waals surface area contributed by atoms with Crippen LogP contribution in [-0.4, -0.2) is 18.1 Å². The van der Waals surface area contributed by atoms with Crippen molar-refractivity contribution in [1.82, 2.24) is 10.3 Å². The van der Waals surface area contributed by atoms with Gasteiger partial charge in [0.2, 0.25) is 0 Å². The average Bonchev–Trinajstić information content (AvgIpc) is 2.62. The van der Waals surface area contributed by atoms with Crippen molar-refractivity contribution >= 4 is 27.3 Å². The fourth-order valence-electron chi connectivity index (χ4n) is 2.04. The van der Waals surface area contributed by atoms with Crippen LogP contribution in [0.3, 0.4) is 0 Å². The number of nitrogens with zero attached hydrogens (tertiary/aromatic N) is 1. The van der Waals surface area contributed by atoms with Crippen molar-refractivity contribution in [3.8, 4) is 10.6 Å². The third-order valence-corrected chi connectivity index (χ3v) is 4.99. The molecule has 0 bridgehead atoms. The van der Waals surface area contributed by atoms with Crippen LogP contribution in [-0.2, 0) is 0 Å². The highest BCUT2D eigenvalue weighted by atomic mass is 79.9. The van der Waals surface area contributed by atoms with Crippen LogP contribution in [0.15, 0.2) is 22.7 Å². The molecule has 2 nitrogen and oxygen atoms in total. The lowest BCUT2D eigenvalue weighted by molar-refractivity contribution is 0.452. The van der Waals surface area contributed by atoms with E-state index in [1.807, 2.05) is 6.92 Å². The number of nitrogens with one attached hydrogen (secondary N) is 1. The van der Waals surface area contributed by atoms with Gasteiger partial charge in [0.25, 0.3) is 0 Å². The van der Waals surface area contributed by atoms with E-state index in [1.54, 1.807) is 23.5 Å². The molecule has 0 radical (unpaired) electrons. The zero-order chi connectivity index (χ0) is 12.7. The molecular formula is C13H12BrFN2S. The van der Waals surface area contributed by atoms with Gasteiger partial charge in [0.1, 0.15) is 10.8 Å². The van der Waals surface area contributed by atoms with E-state index in [0.717, 1.165) is 28.3 Å². The summed E-state index contributed by atoms with van der Waals surface area (Å²) in [6.07, 6.45) is 0. The van der Waals surface area contributed by atoms with Crippen molar-refractivity contribution < 1.29 is 4.39 Å². The van der Waals surface area contributed by atoms with Gasteiger partial charge in [0.15, 0.2) is 0 Å². The third-order valence-electron chi connectivity index (χ3n) is 3.14. The predicted octanol–water partition coefficient (Wildman–Crippen LogP) is 3.71. The van der Waals surface area contributed by atoms with Crippen molar-refractivity contribution in [2.75, 3.05) is 13.1 Å². The summed E-state index contributed by atoms with van der Waals surface area (Å²) in [6, 6.07) is 4.97. The first-order valence-electron chi connectivity index (χ1n) is 5.78. The SMILES string of the molecule is Cc1nc(-c2cc(Br)ccc2F)sc1C1CNC1. The summed E-state index contributed by atoms with van der Waals surface area (Å²) in [6.45, 7) is 4.01. The molecule has 0 amide bonds. The number of thiazole rings is 1. The largest absolute Gasteiger partial charge is 0.315 e. The Morgan fingerprint density at radius 1 is 1.44 bits per heavy atom. The standard InChI is InChI=1S/C13H12BrFN2S/c1-7-12(8-5-16-6-8)18-13(17-7)10-4-9(14)2-3-11(10)15/h2-4,8,16H,5-6H2,1H3. The van der Waals surface area contributed by atoms with Crippen molar-refractivity contribution in [1.29, 1.82) is 0 Å². The molecule has 1 aromatic heterocycles. The second kappa shape index (κ2) is 4.72. The maximum Gasteiger partial charge on any atom is 0.133 e. The lowest BCUT2D eigenvalue weighted by atomic mass is 10.0. The smallest absolute Gasteiger partial charge is 0.133 e. The summed E-state index contributed by atoms with van der Waals surface area (Å²) in [7, 11) is 0. The molecule has 18 heavy (non-hydrogen) atoms. The number of benzene rings is 1. The molecule has 1 N–H and O–H groups in total. The van der Waals surface area contributed by atoms with Crippen molar-refractivity contribution in [2.45, 2.75) is 12.8 Å². The minimum atomic E-state index is -0.217. The first-order chi connectivity index (χ1) is 8.65. The molecule has 1 aliphatic rings. The molecule has 0 unspecified atom stereocenters. The van der Waals surface area contributed by atoms with Crippen LogP contribution >= 0.6 is 27.3 Å². The highest BCUT2D eigenvalue weighted by molar-refractivity contribution is 9.10. The Labute approximate surface area is 117 Å². The van der Waals surface area contributed by atoms with Gasteiger partial charge in [0.05, 0.1) is 5.69 Å². The zero-order valence-electron chi connectivity index (χ0n) is 9.84. The molecule has 5 heteroatoms. The van der Waals surface area contributed by atoms with E-state index < -0.39 is 0 Å². The van der Waals surface area contributed by atoms with E-state index in [0.29, 0.717) is 11.5 Å². The molecule has 1 saturated heterocycles. The van der Waals surface area contributed by atoms with E-state index >= 15 is 0 Å². The second-order valence-corrected chi connectivity index (χ2v) is 6.39. The highest BCUT2D eigenvalue weighted by Gasteiger charge is 2.24. The molecule has 2 aromatic rings. The molecule has 1 aromatic carbocycles. The van der Waals surface area contributed by atoms with Crippen LogP contribution in [0.5, 0.6) is 0 Å². The van der Waals surface area contributed by atoms with Gasteiger partial charge >= 0.3 is 0 Å². The van der Waals surface area contributed by atoms with Crippen LogP contribution in [0.2, 0.25) is 0 Å². The Hall–Kier alpha value is -0.780. The van der Waals surface area contributed by atoms with Crippen LogP contribution in [0.1, 0.15) is 16.5 Å². The van der Waals surface area contributed by atoms with E-state index in [9.17, 15) is 4.39 Å². The molecule has 1 fully saturated rings. The molecule has 2 heterocycles. The van der Waals surface area contributed by atoms with Crippen molar-refractivity contribution in [3.05, 3.63) is 39.1 Å². The number of rotatable bonds is 2. The number of halogens is 2. The fourth-order valence-corrected chi connectivity index (χ4v) is 3.58. The quantitative estimate of drug-likeness (QED) is 0.910. The fraction of sp³-hybridized carbons (Fsp3) is 0.308. The Morgan fingerprint density at radius 2 is 2.22 bits per heavy atom. The maximum atomic E-state index is 13.8. The molecular weight excluding hydrogens is 315 g/mol. The molecule has 0 saturated carbocycles. The van der Waals surface area contributed by atoms with Gasteiger partial charge in [-0.25, -0.2) is 9.37 Å². The van der Waals surface area contributed by atoms with Gasteiger partial charge in [-0.1, -0.05) is 15.9 Å². The van der Waals surface area contributed by atoms with Crippen LogP contribution in [0.4, 0.5) is 4.39 Å². The normalized spacial score (nSPS) is 15.7. The average molecular weight is 327 g/mol. The van der Waals surface area contributed by atoms with E-state index in [4.69, 9.17) is 0 Å². The summed E-state index contributed by atoms with van der Waals surface area (Å²) < 4.78 is 14.7. The molecule has 3 rings (SSSR count). The lowest BCUT2D eigenvalue weighted by Gasteiger charge is -2.26. The Morgan fingerprint density at radius 3 is 2.89 bits per heavy atom. The summed E-state index contributed by atoms with van der Waals surface area (Å²) in [4.78, 5) is 5.80. The molecule has 94 valence electrons. The van der Waals surface area contributed by atoms with Crippen LogP contribution in [0.25, 0.3) is 10.6 Å². The minimum Gasteiger partial charge on any atom is -0.315 e. The van der Waals surface area contributed by atoms with Crippen molar-refractivity contribution in [2.24, 2.45) is 0 Å². The summed E-state index contributed by atoms with van der Waals surface area (Å²) >= 11 is 4.98. The monoisotopic (exact) mass is 326 g/mol. The number of hydrogen-bond acceptors (Lipinski definition) is 3. The Balaban J connectivity index is 2.03. The van der Waals surface area contributed by atoms with Gasteiger partial charge in [-0.3, -0.25) is 0 Å². The molecule has 0 aliphatic carbocycles. The van der Waals surface area contributed by atoms with Gasteiger partial charge in [-0.15, -0.1) is 11.3 Å². The third kappa shape index (κ3) is 2.11. The number of hydrogen-bond donors (Lipinski definition) is 1. The molecule has 0 spiro atoms. The zero-order valence-corrected chi connectivity index (χ0v) is 12.2. The maximum absolute atomic E-state index is 13.8. The van der Waals surface area contributed by atoms with Crippen LogP contribution < -0.4 is 5.32 Å². The first kappa shape index (κ1) is 12.3. The summed E-state index contributed by atoms with van der Waals surface area (Å²) in [5.41, 5.74) is 1.61. The molecule has 0 atom stereocenters. The minimum absolute atomic E-state index is 0.217. The highest BCUT2D eigenvalue weighted by Crippen LogP contribution is 2.36. The van der Waals surface area contributed by atoms with Crippen molar-refractivity contribution in [3.63, 3.8) is 0 Å². The topological polar surface area (TPSA) is 24.9 Å². The van der Waals surface area contributed by atoms with E-state index in [1.165, 1.54) is 10.9 Å². The molecule has 1 aliphatic heterocycles. The van der Waals surface area contributed by atoms with E-state index in [-0.39, 0.29) is 5.82 Å². The Kier molecular flexibility index (Phi) is 3.21. The second-order valence-electron chi connectivity index (χ2n) is 4.45. The van der Waals surface area contributed by atoms with Gasteiger partial charge in [-0.05, 0) is 25.1 Å². The van der Waals surface area contributed by atoms with Gasteiger partial charge in [-0.2, -0.15) is 0 Å². The number of aromatic nitrogens is 1. The Bertz CT molecular complexity index is 593. The summed E-state index contributed by atoms with van der Waals surface area (Å²) in [5, 5.41) is 4.03. The predicted molar refractivity (Wildman–Crippen MR) is 75.6 cm³/mol. The lowest BCUT2D eigenvalue weighted by Crippen LogP contribution is -2.39. The van der Waals surface area contributed by atoms with Gasteiger partial charge in [0, 0.05) is 33.9 Å².